The van der Waals surface area contributed by atoms with E-state index in [2.05, 4.69) is 0 Å². The van der Waals surface area contributed by atoms with Gasteiger partial charge in [-0.2, -0.15) is 0 Å². The molecular formula is C40H40O9. The number of hydrogen-bond donors (Lipinski definition) is 8. The van der Waals surface area contributed by atoms with Gasteiger partial charge in [0.25, 0.3) is 0 Å². The van der Waals surface area contributed by atoms with E-state index < -0.39 is 29.3 Å². The average molecular weight is 665 g/mol. The summed E-state index contributed by atoms with van der Waals surface area (Å²) in [4.78, 5) is 13.4. The largest absolute Gasteiger partial charge is 0.508 e. The van der Waals surface area contributed by atoms with Crippen molar-refractivity contribution < 1.29 is 45.6 Å². The van der Waals surface area contributed by atoms with Crippen LogP contribution in [0.25, 0.3) is 6.08 Å². The lowest BCUT2D eigenvalue weighted by atomic mass is 9.65. The summed E-state index contributed by atoms with van der Waals surface area (Å²) in [6, 6.07) is 14.0. The maximum absolute atomic E-state index is 13.4. The van der Waals surface area contributed by atoms with Crippen molar-refractivity contribution in [3.05, 3.63) is 123 Å². The number of carbonyl (C=O) groups is 1. The number of phenols is 8. The molecule has 3 atom stereocenters. The summed E-state index contributed by atoms with van der Waals surface area (Å²) < 4.78 is 0. The van der Waals surface area contributed by atoms with Crippen LogP contribution in [0.1, 0.15) is 77.2 Å². The van der Waals surface area contributed by atoms with Crippen molar-refractivity contribution in [2.45, 2.75) is 51.9 Å². The zero-order chi connectivity index (χ0) is 35.6. The first-order chi connectivity index (χ1) is 23.2. The Kier molecular flexibility index (Phi) is 9.94. The van der Waals surface area contributed by atoms with Gasteiger partial charge < -0.3 is 40.9 Å². The molecule has 49 heavy (non-hydrogen) atoms. The molecule has 9 heteroatoms. The quantitative estimate of drug-likeness (QED) is 0.0503. The predicted molar refractivity (Wildman–Crippen MR) is 187 cm³/mol. The van der Waals surface area contributed by atoms with E-state index in [1.165, 1.54) is 54.6 Å². The van der Waals surface area contributed by atoms with Crippen LogP contribution in [0.4, 0.5) is 0 Å². The Morgan fingerprint density at radius 3 is 2.12 bits per heavy atom. The number of aromatic hydroxyl groups is 8. The summed E-state index contributed by atoms with van der Waals surface area (Å²) in [5, 5.41) is 85.7. The molecule has 254 valence electrons. The Labute approximate surface area is 284 Å². The molecule has 4 aromatic rings. The molecule has 0 radical (unpaired) electrons. The molecule has 9 nitrogen and oxygen atoms in total. The SMILES string of the molecule is CC(C)=CCc1c(O)ccc(C[C@@H]2[C@H](c3c(O)ccc(C(=O)/C=C/c4ccc(O)cc4O)c3O)C=C(C)C[C@H]2c2ccc(O)cc2O)c1O. The average Bonchev–Trinajstić information content (AvgIpc) is 3.02. The van der Waals surface area contributed by atoms with Crippen LogP contribution in [0.2, 0.25) is 0 Å². The van der Waals surface area contributed by atoms with Crippen molar-refractivity contribution in [3.8, 4) is 46.0 Å². The second kappa shape index (κ2) is 14.1. The minimum absolute atomic E-state index is 0.0578. The first-order valence-electron chi connectivity index (χ1n) is 15.9. The molecule has 0 aliphatic heterocycles. The van der Waals surface area contributed by atoms with Gasteiger partial charge in [0, 0.05) is 34.7 Å². The molecule has 0 fully saturated rings. The van der Waals surface area contributed by atoms with Crippen LogP contribution in [0.15, 0.2) is 90.0 Å². The summed E-state index contributed by atoms with van der Waals surface area (Å²) >= 11 is 0. The molecular weight excluding hydrogens is 624 g/mol. The lowest BCUT2D eigenvalue weighted by Gasteiger charge is -2.38. The topological polar surface area (TPSA) is 179 Å². The first-order valence-corrected chi connectivity index (χ1v) is 15.9. The zero-order valence-corrected chi connectivity index (χ0v) is 27.4. The minimum atomic E-state index is -0.723. The zero-order valence-electron chi connectivity index (χ0n) is 27.4. The van der Waals surface area contributed by atoms with Gasteiger partial charge >= 0.3 is 0 Å². The predicted octanol–water partition coefficient (Wildman–Crippen LogP) is 7.81. The molecule has 5 rings (SSSR count). The maximum Gasteiger partial charge on any atom is 0.189 e. The van der Waals surface area contributed by atoms with Crippen molar-refractivity contribution in [2.24, 2.45) is 5.92 Å². The Balaban J connectivity index is 1.63. The lowest BCUT2D eigenvalue weighted by Crippen LogP contribution is -2.27. The number of phenolic OH excluding ortho intramolecular Hbond substituents is 8. The van der Waals surface area contributed by atoms with E-state index in [0.717, 1.165) is 17.2 Å². The summed E-state index contributed by atoms with van der Waals surface area (Å²) in [6.07, 6.45) is 7.26. The Hall–Kier alpha value is -5.83. The molecule has 0 bridgehead atoms. The Morgan fingerprint density at radius 2 is 1.45 bits per heavy atom. The number of allylic oxidation sites excluding steroid dienone is 5. The van der Waals surface area contributed by atoms with Crippen molar-refractivity contribution in [3.63, 3.8) is 0 Å². The Morgan fingerprint density at radius 1 is 0.776 bits per heavy atom. The molecule has 0 unspecified atom stereocenters. The number of ketones is 1. The smallest absolute Gasteiger partial charge is 0.189 e. The monoisotopic (exact) mass is 664 g/mol. The van der Waals surface area contributed by atoms with E-state index in [1.807, 2.05) is 32.9 Å². The van der Waals surface area contributed by atoms with Gasteiger partial charge in [-0.1, -0.05) is 35.4 Å². The van der Waals surface area contributed by atoms with E-state index >= 15 is 0 Å². The van der Waals surface area contributed by atoms with E-state index in [0.29, 0.717) is 29.5 Å². The van der Waals surface area contributed by atoms with Gasteiger partial charge in [0.05, 0.1) is 5.56 Å². The number of hydrogen-bond acceptors (Lipinski definition) is 9. The van der Waals surface area contributed by atoms with Gasteiger partial charge in [-0.05, 0) is 112 Å². The van der Waals surface area contributed by atoms with Crippen LogP contribution in [-0.2, 0) is 12.8 Å². The molecule has 8 N–H and O–H groups in total. The van der Waals surface area contributed by atoms with Gasteiger partial charge in [0.1, 0.15) is 46.0 Å². The van der Waals surface area contributed by atoms with Crippen LogP contribution in [0, 0.1) is 5.92 Å². The van der Waals surface area contributed by atoms with Crippen LogP contribution in [0.3, 0.4) is 0 Å². The van der Waals surface area contributed by atoms with E-state index in [-0.39, 0.29) is 63.4 Å². The highest BCUT2D eigenvalue weighted by Crippen LogP contribution is 2.53. The minimum Gasteiger partial charge on any atom is -0.508 e. The van der Waals surface area contributed by atoms with Gasteiger partial charge in [-0.25, -0.2) is 0 Å². The third-order valence-corrected chi connectivity index (χ3v) is 9.13. The molecule has 1 aliphatic rings. The van der Waals surface area contributed by atoms with Gasteiger partial charge in [0.15, 0.2) is 5.78 Å². The fraction of sp³-hybridized carbons (Fsp3) is 0.225. The van der Waals surface area contributed by atoms with Crippen molar-refractivity contribution >= 4 is 11.9 Å². The van der Waals surface area contributed by atoms with Crippen LogP contribution >= 0.6 is 0 Å². The van der Waals surface area contributed by atoms with E-state index in [1.54, 1.807) is 12.1 Å². The maximum atomic E-state index is 13.4. The summed E-state index contributed by atoms with van der Waals surface area (Å²) in [5.74, 6) is -3.76. The molecule has 0 heterocycles. The molecule has 1 aliphatic carbocycles. The van der Waals surface area contributed by atoms with Crippen molar-refractivity contribution in [1.29, 1.82) is 0 Å². The third kappa shape index (κ3) is 7.36. The molecule has 0 aromatic heterocycles. The second-order valence-corrected chi connectivity index (χ2v) is 12.9. The molecule has 0 saturated heterocycles. The second-order valence-electron chi connectivity index (χ2n) is 12.9. The van der Waals surface area contributed by atoms with Crippen molar-refractivity contribution in [2.75, 3.05) is 0 Å². The number of benzene rings is 4. The van der Waals surface area contributed by atoms with Gasteiger partial charge in [0.2, 0.25) is 0 Å². The third-order valence-electron chi connectivity index (χ3n) is 9.13. The highest BCUT2D eigenvalue weighted by Gasteiger charge is 2.39. The van der Waals surface area contributed by atoms with Crippen LogP contribution in [0.5, 0.6) is 46.0 Å². The summed E-state index contributed by atoms with van der Waals surface area (Å²) in [7, 11) is 0. The molecule has 4 aromatic carbocycles. The number of rotatable bonds is 9. The molecule has 0 saturated carbocycles. The highest BCUT2D eigenvalue weighted by atomic mass is 16.3. The van der Waals surface area contributed by atoms with E-state index in [9.17, 15) is 45.6 Å². The van der Waals surface area contributed by atoms with Crippen molar-refractivity contribution in [1.82, 2.24) is 0 Å². The Bertz CT molecular complexity index is 2000. The normalized spacial score (nSPS) is 17.5. The number of carbonyl (C=O) groups excluding carboxylic acids is 1. The fourth-order valence-corrected chi connectivity index (χ4v) is 6.65. The summed E-state index contributed by atoms with van der Waals surface area (Å²) in [5.41, 5.74) is 3.53. The van der Waals surface area contributed by atoms with Gasteiger partial charge in [-0.3, -0.25) is 4.79 Å². The lowest BCUT2D eigenvalue weighted by molar-refractivity contribution is 0.104. The van der Waals surface area contributed by atoms with Crippen LogP contribution < -0.4 is 0 Å². The standard InChI is InChI=1S/C40H40O9/c1-21(2)4-10-28-33(43)14-7-24(39(28)48)18-31-30(27-11-9-26(42)20-37(27)47)16-22(3)17-32(31)38-35(45)15-12-29(40(38)49)34(44)13-6-23-5-8-25(41)19-36(23)46/h4-9,11-15,17,19-20,30-32,41-43,45-49H,10,16,18H2,1-3H3/b13-6+/t30-,31-,32+/m0/s1. The van der Waals surface area contributed by atoms with Gasteiger partial charge in [-0.15, -0.1) is 0 Å². The van der Waals surface area contributed by atoms with Crippen LogP contribution in [-0.4, -0.2) is 46.6 Å². The fourth-order valence-electron chi connectivity index (χ4n) is 6.65. The highest BCUT2D eigenvalue weighted by molar-refractivity contribution is 6.09. The summed E-state index contributed by atoms with van der Waals surface area (Å²) in [6.45, 7) is 5.72. The molecule has 0 spiro atoms. The molecule has 0 amide bonds. The van der Waals surface area contributed by atoms with E-state index in [4.69, 9.17) is 0 Å². The first kappa shape index (κ1) is 34.5.